The van der Waals surface area contributed by atoms with Crippen LogP contribution in [0.5, 0.6) is 5.75 Å². The van der Waals surface area contributed by atoms with E-state index >= 15 is 0 Å². The monoisotopic (exact) mass is 372 g/mol. The first-order valence-corrected chi connectivity index (χ1v) is 9.42. The van der Waals surface area contributed by atoms with Gasteiger partial charge in [-0.15, -0.1) is 0 Å². The number of piperidine rings is 1. The summed E-state index contributed by atoms with van der Waals surface area (Å²) in [6, 6.07) is 5.53. The Balaban J connectivity index is 1.69. The molecule has 2 fully saturated rings. The van der Waals surface area contributed by atoms with Crippen LogP contribution in [0.15, 0.2) is 18.2 Å². The molecule has 146 valence electrons. The van der Waals surface area contributed by atoms with E-state index in [4.69, 9.17) is 4.74 Å². The van der Waals surface area contributed by atoms with Crippen LogP contribution in [-0.4, -0.2) is 36.3 Å². The second-order valence-electron chi connectivity index (χ2n) is 8.44. The highest BCUT2D eigenvalue weighted by molar-refractivity contribution is 6.04. The van der Waals surface area contributed by atoms with Gasteiger partial charge in [0.1, 0.15) is 5.75 Å². The molecule has 2 unspecified atom stereocenters. The zero-order valence-electron chi connectivity index (χ0n) is 16.7. The van der Waals surface area contributed by atoms with E-state index in [2.05, 4.69) is 5.32 Å². The first-order valence-electron chi connectivity index (χ1n) is 9.42. The number of imide groups is 1. The van der Waals surface area contributed by atoms with Crippen LogP contribution in [-0.2, 0) is 14.4 Å². The van der Waals surface area contributed by atoms with Crippen molar-refractivity contribution in [3.8, 4) is 5.75 Å². The molecule has 1 aromatic rings. The van der Waals surface area contributed by atoms with Crippen LogP contribution in [0.2, 0.25) is 0 Å². The van der Waals surface area contributed by atoms with Crippen LogP contribution in [0.25, 0.3) is 0 Å². The maximum absolute atomic E-state index is 13.0. The number of amides is 3. The fourth-order valence-corrected chi connectivity index (χ4v) is 4.46. The molecule has 1 N–H and O–H groups in total. The van der Waals surface area contributed by atoms with Gasteiger partial charge >= 0.3 is 0 Å². The van der Waals surface area contributed by atoms with Gasteiger partial charge in [-0.1, -0.05) is 26.8 Å². The summed E-state index contributed by atoms with van der Waals surface area (Å²) < 4.78 is 5.27. The maximum Gasteiger partial charge on any atom is 0.235 e. The highest BCUT2D eigenvalue weighted by Crippen LogP contribution is 2.60. The van der Waals surface area contributed by atoms with E-state index in [-0.39, 0.29) is 42.0 Å². The molecule has 6 heteroatoms. The number of benzene rings is 1. The van der Waals surface area contributed by atoms with Crippen molar-refractivity contribution in [2.24, 2.45) is 16.7 Å². The lowest BCUT2D eigenvalue weighted by Gasteiger charge is -2.47. The fourth-order valence-electron chi connectivity index (χ4n) is 4.46. The number of carbonyl (C=O) groups is 3. The summed E-state index contributed by atoms with van der Waals surface area (Å²) in [6.07, 6.45) is 1.52. The molecule has 1 saturated heterocycles. The maximum atomic E-state index is 13.0. The van der Waals surface area contributed by atoms with E-state index in [1.807, 2.05) is 39.8 Å². The van der Waals surface area contributed by atoms with Crippen molar-refractivity contribution >= 4 is 23.4 Å². The molecule has 2 bridgehead atoms. The van der Waals surface area contributed by atoms with E-state index in [1.165, 1.54) is 4.90 Å². The number of carbonyl (C=O) groups excluding carboxylic acids is 3. The molecule has 1 saturated carbocycles. The molecular weight excluding hydrogens is 344 g/mol. The Kier molecular flexibility index (Phi) is 4.78. The standard InChI is InChI=1S/C21H28N2O4/c1-13-6-7-16(27-5)15(12-13)22-17(24)9-11-23-18(25)14-8-10-21(4,19(23)26)20(14,2)3/h6-7,12,14H,8-11H2,1-5H3,(H,22,24). The number of nitrogens with zero attached hydrogens (tertiary/aromatic N) is 1. The first-order chi connectivity index (χ1) is 12.6. The molecule has 3 rings (SSSR count). The number of anilines is 1. The van der Waals surface area contributed by atoms with Crippen LogP contribution in [0.4, 0.5) is 5.69 Å². The van der Waals surface area contributed by atoms with Crippen LogP contribution in [0, 0.1) is 23.7 Å². The molecule has 0 radical (unpaired) electrons. The van der Waals surface area contributed by atoms with Crippen LogP contribution in [0.3, 0.4) is 0 Å². The number of likely N-dealkylation sites (tertiary alicyclic amines) is 1. The number of nitrogens with one attached hydrogen (secondary N) is 1. The number of aryl methyl sites for hydroxylation is 1. The van der Waals surface area contributed by atoms with Gasteiger partial charge < -0.3 is 10.1 Å². The topological polar surface area (TPSA) is 75.7 Å². The summed E-state index contributed by atoms with van der Waals surface area (Å²) in [6.45, 7) is 8.01. The third kappa shape index (κ3) is 3.01. The fraction of sp³-hybridized carbons (Fsp3) is 0.571. The van der Waals surface area contributed by atoms with Gasteiger partial charge in [0.15, 0.2) is 0 Å². The number of rotatable bonds is 5. The van der Waals surface area contributed by atoms with Gasteiger partial charge in [-0.05, 0) is 42.9 Å². The van der Waals surface area contributed by atoms with Gasteiger partial charge in [-0.25, -0.2) is 0 Å². The van der Waals surface area contributed by atoms with Crippen molar-refractivity contribution in [2.45, 2.75) is 47.0 Å². The molecule has 0 spiro atoms. The van der Waals surface area contributed by atoms with E-state index in [9.17, 15) is 14.4 Å². The van der Waals surface area contributed by atoms with Gasteiger partial charge in [-0.2, -0.15) is 0 Å². The molecule has 1 heterocycles. The highest BCUT2D eigenvalue weighted by Gasteiger charge is 2.64. The quantitative estimate of drug-likeness (QED) is 0.806. The molecule has 0 aromatic heterocycles. The van der Waals surface area contributed by atoms with Crippen LogP contribution in [0.1, 0.15) is 45.6 Å². The Morgan fingerprint density at radius 1 is 1.30 bits per heavy atom. The second kappa shape index (κ2) is 6.66. The SMILES string of the molecule is COc1ccc(C)cc1NC(=O)CCN1C(=O)C2CCC(C)(C1=O)C2(C)C. The van der Waals surface area contributed by atoms with Crippen molar-refractivity contribution in [3.05, 3.63) is 23.8 Å². The van der Waals surface area contributed by atoms with Gasteiger partial charge in [0, 0.05) is 18.9 Å². The second-order valence-corrected chi connectivity index (χ2v) is 8.44. The summed E-state index contributed by atoms with van der Waals surface area (Å²) >= 11 is 0. The first kappa shape index (κ1) is 19.4. The Labute approximate surface area is 160 Å². The number of methoxy groups -OCH3 is 1. The van der Waals surface area contributed by atoms with E-state index in [1.54, 1.807) is 13.2 Å². The number of fused-ring (bicyclic) bond motifs is 2. The zero-order chi connectivity index (χ0) is 20.0. The molecule has 3 amide bonds. The number of hydrogen-bond acceptors (Lipinski definition) is 4. The smallest absolute Gasteiger partial charge is 0.235 e. The minimum Gasteiger partial charge on any atom is -0.495 e. The van der Waals surface area contributed by atoms with Crippen molar-refractivity contribution < 1.29 is 19.1 Å². The largest absolute Gasteiger partial charge is 0.495 e. The van der Waals surface area contributed by atoms with Gasteiger partial charge in [-0.3, -0.25) is 19.3 Å². The van der Waals surface area contributed by atoms with E-state index in [0.717, 1.165) is 18.4 Å². The third-order valence-electron chi connectivity index (χ3n) is 6.70. The molecule has 1 aromatic carbocycles. The predicted octanol–water partition coefficient (Wildman–Crippen LogP) is 3.14. The number of ether oxygens (including phenoxy) is 1. The van der Waals surface area contributed by atoms with E-state index < -0.39 is 5.41 Å². The molecule has 6 nitrogen and oxygen atoms in total. The summed E-state index contributed by atoms with van der Waals surface area (Å²) in [5.74, 6) is -0.110. The lowest BCUT2D eigenvalue weighted by molar-refractivity contribution is -0.167. The normalized spacial score (nSPS) is 26.3. The molecule has 27 heavy (non-hydrogen) atoms. The third-order valence-corrected chi connectivity index (χ3v) is 6.70. The molecule has 2 aliphatic rings. The van der Waals surface area contributed by atoms with Crippen molar-refractivity contribution in [2.75, 3.05) is 19.0 Å². The average molecular weight is 372 g/mol. The molecule has 1 aliphatic carbocycles. The summed E-state index contributed by atoms with van der Waals surface area (Å²) in [7, 11) is 1.55. The number of hydrogen-bond donors (Lipinski definition) is 1. The average Bonchev–Trinajstić information content (AvgIpc) is 2.79. The molecule has 2 atom stereocenters. The van der Waals surface area contributed by atoms with Crippen molar-refractivity contribution in [3.63, 3.8) is 0 Å². The minimum atomic E-state index is -0.540. The van der Waals surface area contributed by atoms with Gasteiger partial charge in [0.2, 0.25) is 17.7 Å². The van der Waals surface area contributed by atoms with E-state index in [0.29, 0.717) is 11.4 Å². The van der Waals surface area contributed by atoms with Crippen LogP contribution >= 0.6 is 0 Å². The summed E-state index contributed by atoms with van der Waals surface area (Å²) in [4.78, 5) is 39.5. The van der Waals surface area contributed by atoms with Crippen molar-refractivity contribution in [1.29, 1.82) is 0 Å². The molecular formula is C21H28N2O4. The summed E-state index contributed by atoms with van der Waals surface area (Å²) in [5.41, 5.74) is 0.711. The Morgan fingerprint density at radius 3 is 2.67 bits per heavy atom. The lowest BCUT2D eigenvalue weighted by atomic mass is 9.62. The zero-order valence-corrected chi connectivity index (χ0v) is 16.7. The Hall–Kier alpha value is -2.37. The Morgan fingerprint density at radius 2 is 2.00 bits per heavy atom. The highest BCUT2D eigenvalue weighted by atomic mass is 16.5. The van der Waals surface area contributed by atoms with Gasteiger partial charge in [0.05, 0.1) is 18.2 Å². The predicted molar refractivity (Wildman–Crippen MR) is 102 cm³/mol. The van der Waals surface area contributed by atoms with Crippen LogP contribution < -0.4 is 10.1 Å². The minimum absolute atomic E-state index is 0.0673. The Bertz CT molecular complexity index is 801. The lowest BCUT2D eigenvalue weighted by Crippen LogP contribution is -2.59. The molecule has 1 aliphatic heterocycles. The van der Waals surface area contributed by atoms with Crippen molar-refractivity contribution in [1.82, 2.24) is 4.90 Å². The van der Waals surface area contributed by atoms with Gasteiger partial charge in [0.25, 0.3) is 0 Å². The summed E-state index contributed by atoms with van der Waals surface area (Å²) in [5, 5.41) is 2.82.